The second-order valence-corrected chi connectivity index (χ2v) is 8.47. The fourth-order valence-corrected chi connectivity index (χ4v) is 4.18. The minimum Gasteiger partial charge on any atom is -0.384 e. The Hall–Kier alpha value is -3.62. The second-order valence-electron chi connectivity index (χ2n) is 7.55. The molecule has 33 heavy (non-hydrogen) atoms. The van der Waals surface area contributed by atoms with Gasteiger partial charge in [0.05, 0.1) is 23.2 Å². The Labute approximate surface area is 198 Å². The van der Waals surface area contributed by atoms with Crippen molar-refractivity contribution >= 4 is 49.9 Å². The van der Waals surface area contributed by atoms with Crippen molar-refractivity contribution in [2.45, 2.75) is 6.42 Å². The number of carbonyl (C=O) groups excluding carboxylic acids is 1. The maximum atomic E-state index is 13.2. The number of methoxy groups -OCH3 is 1. The Balaban J connectivity index is 1.51. The molecule has 0 aliphatic rings. The zero-order valence-corrected chi connectivity index (χ0v) is 19.4. The molecule has 0 aliphatic heterocycles. The van der Waals surface area contributed by atoms with Crippen molar-refractivity contribution in [2.24, 2.45) is 0 Å². The highest BCUT2D eigenvalue weighted by molar-refractivity contribution is 9.10. The molecule has 0 saturated heterocycles. The van der Waals surface area contributed by atoms with E-state index in [2.05, 4.69) is 53.3 Å². The van der Waals surface area contributed by atoms with Crippen molar-refractivity contribution < 1.29 is 9.53 Å². The monoisotopic (exact) mass is 501 g/mol. The van der Waals surface area contributed by atoms with E-state index in [0.717, 1.165) is 38.4 Å². The van der Waals surface area contributed by atoms with Gasteiger partial charge in [-0.15, -0.1) is 0 Å². The highest BCUT2D eigenvalue weighted by Gasteiger charge is 2.15. The molecule has 0 unspecified atom stereocenters. The maximum Gasteiger partial charge on any atom is 0.258 e. The number of benzene rings is 2. The van der Waals surface area contributed by atoms with E-state index >= 15 is 0 Å². The summed E-state index contributed by atoms with van der Waals surface area (Å²) < 4.78 is 6.09. The molecule has 0 aliphatic carbocycles. The number of fused-ring (bicyclic) bond motifs is 2. The summed E-state index contributed by atoms with van der Waals surface area (Å²) in [7, 11) is 1.70. The second kappa shape index (κ2) is 9.09. The van der Waals surface area contributed by atoms with Gasteiger partial charge in [-0.25, -0.2) is 4.98 Å². The van der Waals surface area contributed by atoms with E-state index in [1.165, 1.54) is 5.56 Å². The third-order valence-corrected chi connectivity index (χ3v) is 5.86. The average Bonchev–Trinajstić information content (AvgIpc) is 3.23. The zero-order chi connectivity index (χ0) is 22.8. The summed E-state index contributed by atoms with van der Waals surface area (Å²) in [6, 6.07) is 17.8. The minimum absolute atomic E-state index is 0.273. The van der Waals surface area contributed by atoms with Gasteiger partial charge in [-0.05, 0) is 63.3 Å². The largest absolute Gasteiger partial charge is 0.384 e. The van der Waals surface area contributed by atoms with Crippen LogP contribution in [0.15, 0.2) is 71.5 Å². The molecule has 0 atom stereocenters. The van der Waals surface area contributed by atoms with Crippen LogP contribution in [0, 0.1) is 0 Å². The Morgan fingerprint density at radius 2 is 2.00 bits per heavy atom. The lowest BCUT2D eigenvalue weighted by Gasteiger charge is -2.12. The highest BCUT2D eigenvalue weighted by atomic mass is 79.9. The molecular weight excluding hydrogens is 482 g/mol. The molecule has 0 spiro atoms. The third-order valence-electron chi connectivity index (χ3n) is 5.43. The summed E-state index contributed by atoms with van der Waals surface area (Å²) in [6.45, 7) is 0.642. The Morgan fingerprint density at radius 3 is 2.88 bits per heavy atom. The normalized spacial score (nSPS) is 11.2. The number of nitrogens with one attached hydrogen (secondary N) is 2. The number of hydrogen-bond donors (Lipinski definition) is 2. The van der Waals surface area contributed by atoms with Gasteiger partial charge in [0, 0.05) is 29.4 Å². The Bertz CT molecular complexity index is 1480. The SMILES string of the molecule is COCCc1ccccc1-c1ccc2nccc(C(=O)Nc3nc4ncc(Br)cc4[nH]3)c2c1. The number of pyridine rings is 2. The van der Waals surface area contributed by atoms with Gasteiger partial charge in [0.1, 0.15) is 0 Å². The zero-order valence-electron chi connectivity index (χ0n) is 17.8. The first kappa shape index (κ1) is 21.2. The van der Waals surface area contributed by atoms with Crippen LogP contribution in [0.4, 0.5) is 5.95 Å². The van der Waals surface area contributed by atoms with E-state index < -0.39 is 0 Å². The Morgan fingerprint density at radius 1 is 1.12 bits per heavy atom. The smallest absolute Gasteiger partial charge is 0.258 e. The van der Waals surface area contributed by atoms with Gasteiger partial charge in [-0.2, -0.15) is 4.98 Å². The number of aromatic amines is 1. The number of anilines is 1. The quantitative estimate of drug-likeness (QED) is 0.326. The number of hydrogen-bond acceptors (Lipinski definition) is 5. The van der Waals surface area contributed by atoms with Crippen molar-refractivity contribution in [3.05, 3.63) is 82.6 Å². The standard InChI is InChI=1S/C25H20BrN5O2/c1-33-11-9-15-4-2-3-5-18(15)16-6-7-21-20(12-16)19(8-10-27-21)24(32)31-25-29-22-13-17(26)14-28-23(22)30-25/h2-8,10,12-14H,9,11H2,1H3,(H2,28,29,30,31,32). The van der Waals surface area contributed by atoms with E-state index in [1.54, 1.807) is 25.6 Å². The summed E-state index contributed by atoms with van der Waals surface area (Å²) >= 11 is 3.39. The maximum absolute atomic E-state index is 13.2. The van der Waals surface area contributed by atoms with Crippen LogP contribution < -0.4 is 5.32 Å². The molecule has 0 radical (unpaired) electrons. The summed E-state index contributed by atoms with van der Waals surface area (Å²) in [6.07, 6.45) is 4.11. The van der Waals surface area contributed by atoms with Crippen molar-refractivity contribution in [3.8, 4) is 11.1 Å². The summed E-state index contributed by atoms with van der Waals surface area (Å²) in [4.78, 5) is 29.3. The van der Waals surface area contributed by atoms with Crippen LogP contribution in [0.5, 0.6) is 0 Å². The number of ether oxygens (including phenoxy) is 1. The molecule has 2 N–H and O–H groups in total. The topological polar surface area (TPSA) is 92.8 Å². The van der Waals surface area contributed by atoms with Crippen LogP contribution in [-0.2, 0) is 11.2 Å². The molecule has 3 heterocycles. The molecule has 0 saturated carbocycles. The first-order valence-corrected chi connectivity index (χ1v) is 11.2. The minimum atomic E-state index is -0.273. The van der Waals surface area contributed by atoms with Crippen molar-refractivity contribution in [3.63, 3.8) is 0 Å². The molecule has 5 rings (SSSR count). The highest BCUT2D eigenvalue weighted by Crippen LogP contribution is 2.29. The number of carbonyl (C=O) groups is 1. The van der Waals surface area contributed by atoms with Gasteiger partial charge in [0.15, 0.2) is 5.65 Å². The van der Waals surface area contributed by atoms with E-state index in [9.17, 15) is 4.79 Å². The lowest BCUT2D eigenvalue weighted by atomic mass is 9.95. The van der Waals surface area contributed by atoms with Gasteiger partial charge in [-0.1, -0.05) is 30.3 Å². The average molecular weight is 502 g/mol. The van der Waals surface area contributed by atoms with Crippen molar-refractivity contribution in [1.29, 1.82) is 0 Å². The molecular formula is C25H20BrN5O2. The number of rotatable bonds is 6. The van der Waals surface area contributed by atoms with Crippen LogP contribution >= 0.6 is 15.9 Å². The molecule has 0 fully saturated rings. The van der Waals surface area contributed by atoms with Crippen LogP contribution in [0.25, 0.3) is 33.2 Å². The molecule has 2 aromatic carbocycles. The number of H-pyrrole nitrogens is 1. The molecule has 3 aromatic heterocycles. The van der Waals surface area contributed by atoms with E-state index in [1.807, 2.05) is 36.4 Å². The molecule has 7 nitrogen and oxygen atoms in total. The number of aromatic nitrogens is 4. The lowest BCUT2D eigenvalue weighted by Crippen LogP contribution is -2.13. The predicted octanol–water partition coefficient (Wildman–Crippen LogP) is 5.38. The van der Waals surface area contributed by atoms with Crippen molar-refractivity contribution in [1.82, 2.24) is 19.9 Å². The number of amides is 1. The summed E-state index contributed by atoms with van der Waals surface area (Å²) in [5.41, 5.74) is 5.85. The van der Waals surface area contributed by atoms with E-state index in [4.69, 9.17) is 4.74 Å². The first-order valence-electron chi connectivity index (χ1n) is 10.4. The summed E-state index contributed by atoms with van der Waals surface area (Å²) in [5.74, 6) is 0.0666. The molecule has 164 valence electrons. The third kappa shape index (κ3) is 4.35. The predicted molar refractivity (Wildman–Crippen MR) is 132 cm³/mol. The van der Waals surface area contributed by atoms with Gasteiger partial charge in [0.25, 0.3) is 5.91 Å². The molecule has 8 heteroatoms. The van der Waals surface area contributed by atoms with Gasteiger partial charge >= 0.3 is 0 Å². The molecule has 1 amide bonds. The summed E-state index contributed by atoms with van der Waals surface area (Å²) in [5, 5.41) is 3.62. The van der Waals surface area contributed by atoms with Gasteiger partial charge in [0.2, 0.25) is 5.95 Å². The lowest BCUT2D eigenvalue weighted by molar-refractivity contribution is 0.102. The van der Waals surface area contributed by atoms with Crippen LogP contribution in [0.2, 0.25) is 0 Å². The van der Waals surface area contributed by atoms with E-state index in [0.29, 0.717) is 23.8 Å². The fourth-order valence-electron chi connectivity index (χ4n) is 3.85. The number of halogens is 1. The fraction of sp³-hybridized carbons (Fsp3) is 0.120. The van der Waals surface area contributed by atoms with Gasteiger partial charge in [-0.3, -0.25) is 15.1 Å². The Kier molecular flexibility index (Phi) is 5.85. The number of nitrogens with zero attached hydrogens (tertiary/aromatic N) is 3. The van der Waals surface area contributed by atoms with Crippen LogP contribution in [0.3, 0.4) is 0 Å². The first-order chi connectivity index (χ1) is 16.1. The van der Waals surface area contributed by atoms with Crippen LogP contribution in [0.1, 0.15) is 15.9 Å². The molecule has 0 bridgehead atoms. The number of imidazole rings is 1. The molecule has 5 aromatic rings. The van der Waals surface area contributed by atoms with E-state index in [-0.39, 0.29) is 5.91 Å². The van der Waals surface area contributed by atoms with Crippen molar-refractivity contribution in [2.75, 3.05) is 19.0 Å². The van der Waals surface area contributed by atoms with Crippen LogP contribution in [-0.4, -0.2) is 39.6 Å². The van der Waals surface area contributed by atoms with Gasteiger partial charge < -0.3 is 9.72 Å².